The van der Waals surface area contributed by atoms with Gasteiger partial charge in [-0.1, -0.05) is 11.6 Å². The predicted molar refractivity (Wildman–Crippen MR) is 102 cm³/mol. The van der Waals surface area contributed by atoms with Crippen molar-refractivity contribution in [1.29, 1.82) is 0 Å². The number of ether oxygens (including phenoxy) is 1. The highest BCUT2D eigenvalue weighted by molar-refractivity contribution is 7.16. The van der Waals surface area contributed by atoms with E-state index in [0.717, 1.165) is 41.5 Å². The fourth-order valence-corrected chi connectivity index (χ4v) is 3.35. The Balaban J connectivity index is 2.04. The number of nitrogens with one attached hydrogen (secondary N) is 1. The van der Waals surface area contributed by atoms with Crippen LogP contribution in [0, 0.1) is 6.92 Å². The molecule has 0 spiro atoms. The molecule has 9 heteroatoms. The van der Waals surface area contributed by atoms with Crippen LogP contribution in [0.3, 0.4) is 0 Å². The Hall–Kier alpha value is -1.64. The third-order valence-electron chi connectivity index (χ3n) is 3.74. The minimum absolute atomic E-state index is 0.472. The SMILES string of the molecule is COCCCNC(=NCc1nnc(C)n1C)N(C)Cc1ccc(Cl)s1. The topological polar surface area (TPSA) is 67.6 Å². The van der Waals surface area contributed by atoms with Gasteiger partial charge in [-0.2, -0.15) is 0 Å². The summed E-state index contributed by atoms with van der Waals surface area (Å²) in [6.07, 6.45) is 0.914. The van der Waals surface area contributed by atoms with Gasteiger partial charge < -0.3 is 19.5 Å². The molecule has 0 bridgehead atoms. The molecule has 0 aliphatic rings. The van der Waals surface area contributed by atoms with Crippen LogP contribution in [-0.2, 0) is 24.9 Å². The van der Waals surface area contributed by atoms with Crippen molar-refractivity contribution in [3.8, 4) is 0 Å². The van der Waals surface area contributed by atoms with Crippen LogP contribution in [-0.4, -0.2) is 52.9 Å². The van der Waals surface area contributed by atoms with Crippen LogP contribution in [0.15, 0.2) is 17.1 Å². The third-order valence-corrected chi connectivity index (χ3v) is 4.96. The average molecular weight is 385 g/mol. The molecule has 0 aliphatic heterocycles. The van der Waals surface area contributed by atoms with E-state index in [9.17, 15) is 0 Å². The number of halogens is 1. The van der Waals surface area contributed by atoms with Gasteiger partial charge in [-0.25, -0.2) is 4.99 Å². The first-order valence-corrected chi connectivity index (χ1v) is 9.28. The predicted octanol–water partition coefficient (Wildman–Crippen LogP) is 2.45. The van der Waals surface area contributed by atoms with E-state index in [1.807, 2.05) is 37.7 Å². The second kappa shape index (κ2) is 9.74. The van der Waals surface area contributed by atoms with Crippen LogP contribution in [0.5, 0.6) is 0 Å². The first-order valence-electron chi connectivity index (χ1n) is 8.08. The Morgan fingerprint density at radius 3 is 2.84 bits per heavy atom. The molecule has 2 rings (SSSR count). The molecule has 0 saturated heterocycles. The van der Waals surface area contributed by atoms with Crippen molar-refractivity contribution in [3.05, 3.63) is 33.0 Å². The molecule has 0 radical (unpaired) electrons. The molecule has 1 N–H and O–H groups in total. The number of hydrogen-bond acceptors (Lipinski definition) is 5. The van der Waals surface area contributed by atoms with Gasteiger partial charge in [-0.15, -0.1) is 21.5 Å². The van der Waals surface area contributed by atoms with E-state index in [1.165, 1.54) is 4.88 Å². The van der Waals surface area contributed by atoms with Gasteiger partial charge in [-0.05, 0) is 25.5 Å². The zero-order chi connectivity index (χ0) is 18.2. The smallest absolute Gasteiger partial charge is 0.194 e. The van der Waals surface area contributed by atoms with Crippen LogP contribution < -0.4 is 5.32 Å². The van der Waals surface area contributed by atoms with E-state index < -0.39 is 0 Å². The molecule has 0 atom stereocenters. The highest BCUT2D eigenvalue weighted by Gasteiger charge is 2.10. The molecule has 0 fully saturated rings. The van der Waals surface area contributed by atoms with Crippen LogP contribution in [0.4, 0.5) is 0 Å². The molecular weight excluding hydrogens is 360 g/mol. The fourth-order valence-electron chi connectivity index (χ4n) is 2.21. The van der Waals surface area contributed by atoms with E-state index in [1.54, 1.807) is 18.4 Å². The Bertz CT molecular complexity index is 699. The number of thiophene rings is 1. The molecule has 0 saturated carbocycles. The maximum Gasteiger partial charge on any atom is 0.194 e. The second-order valence-electron chi connectivity index (χ2n) is 5.70. The Morgan fingerprint density at radius 1 is 1.44 bits per heavy atom. The van der Waals surface area contributed by atoms with Gasteiger partial charge in [0.1, 0.15) is 12.4 Å². The van der Waals surface area contributed by atoms with E-state index in [2.05, 4.69) is 20.4 Å². The maximum absolute atomic E-state index is 6.03. The number of nitrogens with zero attached hydrogens (tertiary/aromatic N) is 5. The molecule has 2 aromatic heterocycles. The molecule has 0 amide bonds. The molecule has 2 aromatic rings. The summed E-state index contributed by atoms with van der Waals surface area (Å²) in [5.41, 5.74) is 0. The minimum Gasteiger partial charge on any atom is -0.385 e. The van der Waals surface area contributed by atoms with Gasteiger partial charge >= 0.3 is 0 Å². The van der Waals surface area contributed by atoms with Crippen molar-refractivity contribution >= 4 is 28.9 Å². The first kappa shape index (κ1) is 19.7. The van der Waals surface area contributed by atoms with Crippen molar-refractivity contribution < 1.29 is 4.74 Å². The summed E-state index contributed by atoms with van der Waals surface area (Å²) in [5, 5.41) is 11.6. The lowest BCUT2D eigenvalue weighted by Crippen LogP contribution is -2.39. The van der Waals surface area contributed by atoms with Gasteiger partial charge in [0.05, 0.1) is 10.9 Å². The highest BCUT2D eigenvalue weighted by atomic mass is 35.5. The van der Waals surface area contributed by atoms with Crippen molar-refractivity contribution in [2.75, 3.05) is 27.3 Å². The standard InChI is InChI=1S/C16H25ClN6OS/c1-12-20-21-15(23(12)3)10-19-16(18-8-5-9-24-4)22(2)11-13-6-7-14(17)25-13/h6-7H,5,8-11H2,1-4H3,(H,18,19). The first-order chi connectivity index (χ1) is 12.0. The van der Waals surface area contributed by atoms with Crippen molar-refractivity contribution in [1.82, 2.24) is 25.0 Å². The zero-order valence-electron chi connectivity index (χ0n) is 15.1. The fraction of sp³-hybridized carbons (Fsp3) is 0.562. The number of aliphatic imine (C=N–C) groups is 1. The molecule has 25 heavy (non-hydrogen) atoms. The van der Waals surface area contributed by atoms with Gasteiger partial charge in [0.15, 0.2) is 11.8 Å². The number of aryl methyl sites for hydroxylation is 1. The van der Waals surface area contributed by atoms with Gasteiger partial charge in [0.25, 0.3) is 0 Å². The number of methoxy groups -OCH3 is 1. The normalized spacial score (nSPS) is 11.8. The zero-order valence-corrected chi connectivity index (χ0v) is 16.7. The Labute approximate surface area is 157 Å². The molecule has 7 nitrogen and oxygen atoms in total. The number of aromatic nitrogens is 3. The van der Waals surface area contributed by atoms with Gasteiger partial charge in [-0.3, -0.25) is 0 Å². The maximum atomic E-state index is 6.03. The summed E-state index contributed by atoms with van der Waals surface area (Å²) < 4.78 is 7.85. The molecule has 138 valence electrons. The summed E-state index contributed by atoms with van der Waals surface area (Å²) >= 11 is 7.61. The Kier molecular flexibility index (Phi) is 7.67. The van der Waals surface area contributed by atoms with Gasteiger partial charge in [0, 0.05) is 39.2 Å². The third kappa shape index (κ3) is 5.98. The van der Waals surface area contributed by atoms with Crippen LogP contribution >= 0.6 is 22.9 Å². The van der Waals surface area contributed by atoms with Crippen molar-refractivity contribution in [2.24, 2.45) is 12.0 Å². The molecule has 0 aromatic carbocycles. The van der Waals surface area contributed by atoms with Crippen LogP contribution in [0.2, 0.25) is 4.34 Å². The van der Waals surface area contributed by atoms with E-state index in [4.69, 9.17) is 21.3 Å². The quantitative estimate of drug-likeness (QED) is 0.430. The molecular formula is C16H25ClN6OS. The average Bonchev–Trinajstić information content (AvgIpc) is 3.13. The lowest BCUT2D eigenvalue weighted by Gasteiger charge is -2.22. The number of rotatable bonds is 8. The summed E-state index contributed by atoms with van der Waals surface area (Å²) in [4.78, 5) is 7.98. The highest BCUT2D eigenvalue weighted by Crippen LogP contribution is 2.22. The summed E-state index contributed by atoms with van der Waals surface area (Å²) in [6, 6.07) is 3.96. The number of guanidine groups is 1. The van der Waals surface area contributed by atoms with Crippen LogP contribution in [0.25, 0.3) is 0 Å². The van der Waals surface area contributed by atoms with Crippen molar-refractivity contribution in [3.63, 3.8) is 0 Å². The summed E-state index contributed by atoms with van der Waals surface area (Å²) in [7, 11) is 5.67. The molecule has 0 unspecified atom stereocenters. The Morgan fingerprint density at radius 2 is 2.24 bits per heavy atom. The monoisotopic (exact) mass is 384 g/mol. The van der Waals surface area contributed by atoms with Gasteiger partial charge in [0.2, 0.25) is 0 Å². The lowest BCUT2D eigenvalue weighted by molar-refractivity contribution is 0.195. The summed E-state index contributed by atoms with van der Waals surface area (Å²) in [6.45, 7) is 4.65. The van der Waals surface area contributed by atoms with Crippen molar-refractivity contribution in [2.45, 2.75) is 26.4 Å². The lowest BCUT2D eigenvalue weighted by atomic mass is 10.4. The minimum atomic E-state index is 0.472. The van der Waals surface area contributed by atoms with E-state index in [0.29, 0.717) is 13.2 Å². The molecule has 2 heterocycles. The number of hydrogen-bond donors (Lipinski definition) is 1. The summed E-state index contributed by atoms with van der Waals surface area (Å²) in [5.74, 6) is 2.53. The van der Waals surface area contributed by atoms with E-state index >= 15 is 0 Å². The largest absolute Gasteiger partial charge is 0.385 e. The van der Waals surface area contributed by atoms with Crippen LogP contribution in [0.1, 0.15) is 22.9 Å². The second-order valence-corrected chi connectivity index (χ2v) is 7.50. The molecule has 0 aliphatic carbocycles. The van der Waals surface area contributed by atoms with E-state index in [-0.39, 0.29) is 0 Å².